The van der Waals surface area contributed by atoms with E-state index in [1.54, 1.807) is 6.07 Å². The van der Waals surface area contributed by atoms with Gasteiger partial charge in [-0.15, -0.1) is 0 Å². The molecule has 0 aliphatic carbocycles. The van der Waals surface area contributed by atoms with Crippen LogP contribution < -0.4 is 5.32 Å². The number of rotatable bonds is 5. The van der Waals surface area contributed by atoms with Gasteiger partial charge in [0.2, 0.25) is 0 Å². The number of nitrogens with zero attached hydrogens (tertiary/aromatic N) is 2. The highest BCUT2D eigenvalue weighted by Gasteiger charge is 2.20. The Morgan fingerprint density at radius 1 is 1.38 bits per heavy atom. The van der Waals surface area contributed by atoms with E-state index < -0.39 is 0 Å². The molecule has 0 saturated heterocycles. The molecule has 0 saturated carbocycles. The van der Waals surface area contributed by atoms with Crippen LogP contribution in [0, 0.1) is 6.92 Å². The normalized spacial score (nSPS) is 12.7. The lowest BCUT2D eigenvalue weighted by atomic mass is 10.0. The van der Waals surface area contributed by atoms with Crippen molar-refractivity contribution in [3.8, 4) is 0 Å². The van der Waals surface area contributed by atoms with Gasteiger partial charge in [0.25, 0.3) is 0 Å². The number of aromatic nitrogens is 2. The molecule has 0 aliphatic rings. The molecule has 0 spiro atoms. The van der Waals surface area contributed by atoms with Crippen LogP contribution in [0.2, 0.25) is 10.0 Å². The first-order valence-corrected chi connectivity index (χ1v) is 8.36. The fourth-order valence-electron chi connectivity index (χ4n) is 2.41. The largest absolute Gasteiger partial charge is 0.313 e. The van der Waals surface area contributed by atoms with Crippen molar-refractivity contribution in [3.63, 3.8) is 0 Å². The lowest BCUT2D eigenvalue weighted by Gasteiger charge is -2.19. The van der Waals surface area contributed by atoms with Gasteiger partial charge in [-0.2, -0.15) is 5.10 Å². The molecular formula is C15H18BrCl2N3. The van der Waals surface area contributed by atoms with Crippen molar-refractivity contribution < 1.29 is 0 Å². The molecule has 1 N–H and O–H groups in total. The second-order valence-electron chi connectivity index (χ2n) is 4.87. The minimum Gasteiger partial charge on any atom is -0.313 e. The molecule has 0 radical (unpaired) electrons. The molecule has 1 unspecified atom stereocenters. The van der Waals surface area contributed by atoms with Crippen LogP contribution in [0.25, 0.3) is 0 Å². The summed E-state index contributed by atoms with van der Waals surface area (Å²) >= 11 is 16.1. The number of aryl methyl sites for hydroxylation is 2. The Bertz CT molecular complexity index is 640. The van der Waals surface area contributed by atoms with Gasteiger partial charge < -0.3 is 5.32 Å². The molecule has 0 bridgehead atoms. The Labute approximate surface area is 143 Å². The average Bonchev–Trinajstić information content (AvgIpc) is 2.74. The summed E-state index contributed by atoms with van der Waals surface area (Å²) in [5.74, 6) is 0. The van der Waals surface area contributed by atoms with Crippen LogP contribution in [-0.2, 0) is 13.0 Å². The average molecular weight is 391 g/mol. The molecule has 3 nitrogen and oxygen atoms in total. The van der Waals surface area contributed by atoms with Gasteiger partial charge >= 0.3 is 0 Å². The fraction of sp³-hybridized carbons (Fsp3) is 0.400. The SMILES string of the molecule is CCn1nc(C)c(Br)c1CC(NC)c1cc(Cl)ccc1Cl. The van der Waals surface area contributed by atoms with E-state index in [4.69, 9.17) is 23.2 Å². The molecule has 114 valence electrons. The third-order valence-corrected chi connectivity index (χ3v) is 5.14. The van der Waals surface area contributed by atoms with E-state index in [0.29, 0.717) is 10.0 Å². The van der Waals surface area contributed by atoms with Gasteiger partial charge in [-0.3, -0.25) is 4.68 Å². The molecule has 1 aromatic carbocycles. The minimum atomic E-state index is 0.0777. The van der Waals surface area contributed by atoms with Crippen LogP contribution in [-0.4, -0.2) is 16.8 Å². The molecule has 1 heterocycles. The molecule has 0 aliphatic heterocycles. The first-order chi connectivity index (χ1) is 9.97. The van der Waals surface area contributed by atoms with Gasteiger partial charge in [0.1, 0.15) is 0 Å². The predicted molar refractivity (Wildman–Crippen MR) is 92.3 cm³/mol. The van der Waals surface area contributed by atoms with Crippen LogP contribution >= 0.6 is 39.1 Å². The first kappa shape index (κ1) is 16.8. The lowest BCUT2D eigenvalue weighted by Crippen LogP contribution is -2.21. The van der Waals surface area contributed by atoms with E-state index in [1.165, 1.54) is 0 Å². The molecule has 6 heteroatoms. The summed E-state index contributed by atoms with van der Waals surface area (Å²) in [6, 6.07) is 5.63. The Morgan fingerprint density at radius 3 is 2.71 bits per heavy atom. The summed E-state index contributed by atoms with van der Waals surface area (Å²) in [5, 5.41) is 9.26. The van der Waals surface area contributed by atoms with E-state index in [9.17, 15) is 0 Å². The predicted octanol–water partition coefficient (Wildman–Crippen LogP) is 4.78. The fourth-order valence-corrected chi connectivity index (χ4v) is 3.28. The molecule has 2 aromatic rings. The molecule has 0 amide bonds. The Balaban J connectivity index is 2.38. The second-order valence-corrected chi connectivity index (χ2v) is 6.51. The van der Waals surface area contributed by atoms with Crippen LogP contribution in [0.5, 0.6) is 0 Å². The van der Waals surface area contributed by atoms with Gasteiger partial charge in [0, 0.05) is 29.1 Å². The zero-order chi connectivity index (χ0) is 15.6. The van der Waals surface area contributed by atoms with E-state index in [1.807, 2.05) is 30.8 Å². The maximum Gasteiger partial charge on any atom is 0.0738 e. The standard InChI is InChI=1S/C15H18BrCl2N3/c1-4-21-14(15(16)9(2)20-21)8-13(19-3)11-7-10(17)5-6-12(11)18/h5-7,13,19H,4,8H2,1-3H3. The minimum absolute atomic E-state index is 0.0777. The molecule has 21 heavy (non-hydrogen) atoms. The summed E-state index contributed by atoms with van der Waals surface area (Å²) < 4.78 is 3.07. The van der Waals surface area contributed by atoms with Gasteiger partial charge in [-0.05, 0) is 60.6 Å². The van der Waals surface area contributed by atoms with E-state index >= 15 is 0 Å². The van der Waals surface area contributed by atoms with E-state index in [-0.39, 0.29) is 6.04 Å². The van der Waals surface area contributed by atoms with Crippen molar-refractivity contribution in [2.24, 2.45) is 0 Å². The van der Waals surface area contributed by atoms with Crippen LogP contribution in [0.15, 0.2) is 22.7 Å². The third kappa shape index (κ3) is 3.62. The number of hydrogen-bond donors (Lipinski definition) is 1. The number of nitrogens with one attached hydrogen (secondary N) is 1. The smallest absolute Gasteiger partial charge is 0.0738 e. The summed E-state index contributed by atoms with van der Waals surface area (Å²) in [6.45, 7) is 4.92. The van der Waals surface area contributed by atoms with Crippen LogP contribution in [0.3, 0.4) is 0 Å². The topological polar surface area (TPSA) is 29.9 Å². The zero-order valence-corrected chi connectivity index (χ0v) is 15.3. The summed E-state index contributed by atoms with van der Waals surface area (Å²) in [4.78, 5) is 0. The molecule has 1 aromatic heterocycles. The molecule has 1 atom stereocenters. The van der Waals surface area contributed by atoms with E-state index in [0.717, 1.165) is 34.4 Å². The zero-order valence-electron chi connectivity index (χ0n) is 12.3. The number of halogens is 3. The van der Waals surface area contributed by atoms with Crippen LogP contribution in [0.4, 0.5) is 0 Å². The van der Waals surface area contributed by atoms with Gasteiger partial charge in [0.15, 0.2) is 0 Å². The second kappa shape index (κ2) is 7.14. The van der Waals surface area contributed by atoms with Crippen molar-refractivity contribution in [2.75, 3.05) is 7.05 Å². The maximum absolute atomic E-state index is 6.32. The molecule has 2 rings (SSSR count). The summed E-state index contributed by atoms with van der Waals surface area (Å²) in [6.07, 6.45) is 0.784. The van der Waals surface area contributed by atoms with Crippen molar-refractivity contribution >= 4 is 39.1 Å². The highest BCUT2D eigenvalue weighted by atomic mass is 79.9. The van der Waals surface area contributed by atoms with Crippen LogP contribution in [0.1, 0.15) is 29.9 Å². The van der Waals surface area contributed by atoms with Crippen molar-refractivity contribution in [3.05, 3.63) is 49.7 Å². The summed E-state index contributed by atoms with van der Waals surface area (Å²) in [7, 11) is 1.93. The quantitative estimate of drug-likeness (QED) is 0.795. The van der Waals surface area contributed by atoms with Gasteiger partial charge in [-0.1, -0.05) is 23.2 Å². The van der Waals surface area contributed by atoms with Gasteiger partial charge in [0.05, 0.1) is 15.9 Å². The highest BCUT2D eigenvalue weighted by molar-refractivity contribution is 9.10. The monoisotopic (exact) mass is 389 g/mol. The Kier molecular flexibility index (Phi) is 5.72. The lowest BCUT2D eigenvalue weighted by molar-refractivity contribution is 0.540. The van der Waals surface area contributed by atoms with Crippen molar-refractivity contribution in [1.82, 2.24) is 15.1 Å². The molecular weight excluding hydrogens is 373 g/mol. The maximum atomic E-state index is 6.32. The number of benzene rings is 1. The first-order valence-electron chi connectivity index (χ1n) is 6.81. The number of likely N-dealkylation sites (N-methyl/N-ethyl adjacent to an activating group) is 1. The summed E-state index contributed by atoms with van der Waals surface area (Å²) in [5.41, 5.74) is 3.16. The Morgan fingerprint density at radius 2 is 2.10 bits per heavy atom. The van der Waals surface area contributed by atoms with E-state index in [2.05, 4.69) is 33.3 Å². The third-order valence-electron chi connectivity index (χ3n) is 3.53. The number of hydrogen-bond acceptors (Lipinski definition) is 2. The Hall–Kier alpha value is -0.550. The molecule has 0 fully saturated rings. The van der Waals surface area contributed by atoms with Crippen molar-refractivity contribution in [2.45, 2.75) is 32.9 Å². The highest BCUT2D eigenvalue weighted by Crippen LogP contribution is 2.31. The van der Waals surface area contributed by atoms with Gasteiger partial charge in [-0.25, -0.2) is 0 Å². The van der Waals surface area contributed by atoms with Crippen molar-refractivity contribution in [1.29, 1.82) is 0 Å².